The second-order valence-electron chi connectivity index (χ2n) is 5.89. The molecule has 100 valence electrons. The van der Waals surface area contributed by atoms with E-state index in [-0.39, 0.29) is 5.54 Å². The molecule has 0 radical (unpaired) electrons. The highest BCUT2D eigenvalue weighted by molar-refractivity contribution is 5.12. The predicted octanol–water partition coefficient (Wildman–Crippen LogP) is 3.20. The Kier molecular flexibility index (Phi) is 5.68. The topological polar surface area (TPSA) is 15.3 Å². The van der Waals surface area contributed by atoms with Crippen molar-refractivity contribution in [2.75, 3.05) is 19.6 Å². The standard InChI is InChI=1S/C15H30N2/c1-6-16-14(13(2)3)15(4,5)17-11-9-7-8-10-12-17/h14,16H,2,6-12H2,1,3-5H3. The summed E-state index contributed by atoms with van der Waals surface area (Å²) in [6.07, 6.45) is 5.48. The van der Waals surface area contributed by atoms with Gasteiger partial charge in [0.15, 0.2) is 0 Å². The molecular weight excluding hydrogens is 208 g/mol. The minimum atomic E-state index is 0.173. The van der Waals surface area contributed by atoms with Crippen LogP contribution in [-0.2, 0) is 0 Å². The van der Waals surface area contributed by atoms with Crippen molar-refractivity contribution >= 4 is 0 Å². The fraction of sp³-hybridized carbons (Fsp3) is 0.867. The maximum atomic E-state index is 4.17. The van der Waals surface area contributed by atoms with Gasteiger partial charge in [-0.1, -0.05) is 31.9 Å². The molecule has 0 aliphatic carbocycles. The third-order valence-electron chi connectivity index (χ3n) is 4.03. The monoisotopic (exact) mass is 238 g/mol. The van der Waals surface area contributed by atoms with Crippen molar-refractivity contribution in [3.8, 4) is 0 Å². The Labute approximate surface area is 107 Å². The van der Waals surface area contributed by atoms with E-state index in [1.54, 1.807) is 0 Å². The number of nitrogens with one attached hydrogen (secondary N) is 1. The smallest absolute Gasteiger partial charge is 0.0455 e. The normalized spacial score (nSPS) is 20.9. The van der Waals surface area contributed by atoms with Crippen molar-refractivity contribution in [2.45, 2.75) is 65.0 Å². The first-order chi connectivity index (χ1) is 8.00. The molecule has 2 nitrogen and oxygen atoms in total. The van der Waals surface area contributed by atoms with Crippen molar-refractivity contribution in [1.29, 1.82) is 0 Å². The van der Waals surface area contributed by atoms with E-state index in [9.17, 15) is 0 Å². The van der Waals surface area contributed by atoms with Gasteiger partial charge >= 0.3 is 0 Å². The zero-order valence-corrected chi connectivity index (χ0v) is 12.2. The quantitative estimate of drug-likeness (QED) is 0.740. The van der Waals surface area contributed by atoms with Gasteiger partial charge in [-0.05, 0) is 53.2 Å². The maximum absolute atomic E-state index is 4.17. The van der Waals surface area contributed by atoms with E-state index in [1.807, 2.05) is 0 Å². The first-order valence-electron chi connectivity index (χ1n) is 7.14. The van der Waals surface area contributed by atoms with E-state index < -0.39 is 0 Å². The van der Waals surface area contributed by atoms with Crippen LogP contribution in [0.4, 0.5) is 0 Å². The molecule has 0 saturated carbocycles. The highest BCUT2D eigenvalue weighted by atomic mass is 15.2. The SMILES string of the molecule is C=C(C)C(NCC)C(C)(C)N1CCCCCC1. The van der Waals surface area contributed by atoms with E-state index in [0.717, 1.165) is 6.54 Å². The second kappa shape index (κ2) is 6.55. The van der Waals surface area contributed by atoms with Crippen LogP contribution in [0.15, 0.2) is 12.2 Å². The summed E-state index contributed by atoms with van der Waals surface area (Å²) >= 11 is 0. The molecule has 1 heterocycles. The highest BCUT2D eigenvalue weighted by Crippen LogP contribution is 2.26. The van der Waals surface area contributed by atoms with Crippen LogP contribution in [0, 0.1) is 0 Å². The molecule has 0 aromatic carbocycles. The number of hydrogen-bond acceptors (Lipinski definition) is 2. The molecular formula is C15H30N2. The van der Waals surface area contributed by atoms with Crippen LogP contribution in [0.1, 0.15) is 53.4 Å². The number of rotatable bonds is 5. The van der Waals surface area contributed by atoms with Gasteiger partial charge in [0.2, 0.25) is 0 Å². The van der Waals surface area contributed by atoms with Gasteiger partial charge in [-0.25, -0.2) is 0 Å². The fourth-order valence-corrected chi connectivity index (χ4v) is 3.06. The molecule has 0 aromatic heterocycles. The largest absolute Gasteiger partial charge is 0.309 e. The van der Waals surface area contributed by atoms with Crippen LogP contribution >= 0.6 is 0 Å². The van der Waals surface area contributed by atoms with Crippen LogP contribution in [0.25, 0.3) is 0 Å². The molecule has 1 aliphatic rings. The summed E-state index contributed by atoms with van der Waals surface area (Å²) in [5.41, 5.74) is 1.42. The molecule has 2 heteroatoms. The molecule has 0 aromatic rings. The minimum absolute atomic E-state index is 0.173. The van der Waals surface area contributed by atoms with Crippen molar-refractivity contribution in [1.82, 2.24) is 10.2 Å². The molecule has 1 rings (SSSR count). The minimum Gasteiger partial charge on any atom is -0.309 e. The molecule has 1 saturated heterocycles. The van der Waals surface area contributed by atoms with Crippen molar-refractivity contribution < 1.29 is 0 Å². The zero-order valence-electron chi connectivity index (χ0n) is 12.2. The van der Waals surface area contributed by atoms with Crippen LogP contribution in [0.2, 0.25) is 0 Å². The Morgan fingerprint density at radius 3 is 2.18 bits per heavy atom. The highest BCUT2D eigenvalue weighted by Gasteiger charge is 2.35. The van der Waals surface area contributed by atoms with E-state index >= 15 is 0 Å². The van der Waals surface area contributed by atoms with Gasteiger partial charge in [0.25, 0.3) is 0 Å². The molecule has 0 bridgehead atoms. The Hall–Kier alpha value is -0.340. The summed E-state index contributed by atoms with van der Waals surface area (Å²) in [5.74, 6) is 0. The molecule has 17 heavy (non-hydrogen) atoms. The van der Waals surface area contributed by atoms with Gasteiger partial charge in [0.05, 0.1) is 0 Å². The third kappa shape index (κ3) is 3.82. The Morgan fingerprint density at radius 1 is 1.24 bits per heavy atom. The van der Waals surface area contributed by atoms with Crippen molar-refractivity contribution in [3.63, 3.8) is 0 Å². The number of likely N-dealkylation sites (N-methyl/N-ethyl adjacent to an activating group) is 1. The lowest BCUT2D eigenvalue weighted by atomic mass is 9.87. The average Bonchev–Trinajstić information content (AvgIpc) is 2.53. The van der Waals surface area contributed by atoms with E-state index in [1.165, 1.54) is 44.3 Å². The summed E-state index contributed by atoms with van der Waals surface area (Å²) in [7, 11) is 0. The second-order valence-corrected chi connectivity index (χ2v) is 5.89. The Balaban J connectivity index is 2.77. The number of hydrogen-bond donors (Lipinski definition) is 1. The summed E-state index contributed by atoms with van der Waals surface area (Å²) in [5, 5.41) is 3.60. The molecule has 0 spiro atoms. The zero-order chi connectivity index (χ0) is 12.9. The van der Waals surface area contributed by atoms with E-state index in [4.69, 9.17) is 0 Å². The molecule has 1 unspecified atom stereocenters. The lowest BCUT2D eigenvalue weighted by Gasteiger charge is -2.44. The third-order valence-corrected chi connectivity index (χ3v) is 4.03. The van der Waals surface area contributed by atoms with Crippen LogP contribution in [0.5, 0.6) is 0 Å². The van der Waals surface area contributed by atoms with Gasteiger partial charge in [-0.3, -0.25) is 4.90 Å². The Bertz CT molecular complexity index is 237. The van der Waals surface area contributed by atoms with E-state index in [0.29, 0.717) is 6.04 Å². The lowest BCUT2D eigenvalue weighted by Crippen LogP contribution is -2.58. The van der Waals surface area contributed by atoms with Crippen LogP contribution in [-0.4, -0.2) is 36.1 Å². The number of likely N-dealkylation sites (tertiary alicyclic amines) is 1. The lowest BCUT2D eigenvalue weighted by molar-refractivity contribution is 0.0966. The van der Waals surface area contributed by atoms with Gasteiger partial charge in [-0.2, -0.15) is 0 Å². The van der Waals surface area contributed by atoms with Crippen molar-refractivity contribution in [3.05, 3.63) is 12.2 Å². The molecule has 1 atom stereocenters. The van der Waals surface area contributed by atoms with Crippen molar-refractivity contribution in [2.24, 2.45) is 0 Å². The molecule has 1 aliphatic heterocycles. The fourth-order valence-electron chi connectivity index (χ4n) is 3.06. The predicted molar refractivity (Wildman–Crippen MR) is 76.4 cm³/mol. The summed E-state index contributed by atoms with van der Waals surface area (Å²) in [6, 6.07) is 0.394. The first kappa shape index (κ1) is 14.7. The van der Waals surface area contributed by atoms with Gasteiger partial charge in [0.1, 0.15) is 0 Å². The maximum Gasteiger partial charge on any atom is 0.0455 e. The van der Waals surface area contributed by atoms with Gasteiger partial charge < -0.3 is 5.32 Å². The first-order valence-corrected chi connectivity index (χ1v) is 7.14. The Morgan fingerprint density at radius 2 is 1.76 bits per heavy atom. The van der Waals surface area contributed by atoms with Gasteiger partial charge in [0, 0.05) is 11.6 Å². The van der Waals surface area contributed by atoms with E-state index in [2.05, 4.69) is 44.5 Å². The van der Waals surface area contributed by atoms with Gasteiger partial charge in [-0.15, -0.1) is 0 Å². The molecule has 1 fully saturated rings. The van der Waals surface area contributed by atoms with Crippen LogP contribution < -0.4 is 5.32 Å². The summed E-state index contributed by atoms with van der Waals surface area (Å²) < 4.78 is 0. The summed E-state index contributed by atoms with van der Waals surface area (Å²) in [6.45, 7) is 16.7. The van der Waals surface area contributed by atoms with Crippen LogP contribution in [0.3, 0.4) is 0 Å². The average molecular weight is 238 g/mol. The molecule has 0 amide bonds. The summed E-state index contributed by atoms with van der Waals surface area (Å²) in [4.78, 5) is 2.65. The molecule has 1 N–H and O–H groups in total. The number of nitrogens with zero attached hydrogens (tertiary/aromatic N) is 1.